The van der Waals surface area contributed by atoms with Crippen LogP contribution in [0.1, 0.15) is 39.9 Å². The van der Waals surface area contributed by atoms with Crippen LogP contribution < -0.4 is 15.0 Å². The van der Waals surface area contributed by atoms with Gasteiger partial charge < -0.3 is 24.1 Å². The van der Waals surface area contributed by atoms with Crippen LogP contribution in [0.5, 0.6) is 11.5 Å². The van der Waals surface area contributed by atoms with Crippen LogP contribution in [0.2, 0.25) is 0 Å². The zero-order valence-electron chi connectivity index (χ0n) is 19.6. The highest BCUT2D eigenvalue weighted by molar-refractivity contribution is 5.95. The van der Waals surface area contributed by atoms with Gasteiger partial charge in [-0.1, -0.05) is 11.6 Å². The van der Waals surface area contributed by atoms with Crippen molar-refractivity contribution in [2.45, 2.75) is 39.3 Å². The molecule has 33 heavy (non-hydrogen) atoms. The van der Waals surface area contributed by atoms with Gasteiger partial charge in [-0.05, 0) is 68.0 Å². The largest absolute Gasteiger partial charge is 0.493 e. The van der Waals surface area contributed by atoms with Gasteiger partial charge in [0.05, 0.1) is 32.4 Å². The van der Waals surface area contributed by atoms with E-state index in [1.54, 1.807) is 30.2 Å². The Morgan fingerprint density at radius 1 is 1.12 bits per heavy atom. The SMILES string of the molecule is COc1ccc(C(=O)N(Cc2cc3cc(C)cc(C)c3[nH]c2=O)C[C@@H]2CCCO2)cc1OC. The highest BCUT2D eigenvalue weighted by atomic mass is 16.5. The van der Waals surface area contributed by atoms with Crippen molar-refractivity contribution in [1.82, 2.24) is 9.88 Å². The Balaban J connectivity index is 1.70. The van der Waals surface area contributed by atoms with Crippen LogP contribution in [0.3, 0.4) is 0 Å². The smallest absolute Gasteiger partial charge is 0.254 e. The maximum atomic E-state index is 13.5. The summed E-state index contributed by atoms with van der Waals surface area (Å²) in [7, 11) is 3.09. The number of pyridine rings is 1. The van der Waals surface area contributed by atoms with Crippen LogP contribution in [0.15, 0.2) is 41.2 Å². The molecule has 0 aliphatic carbocycles. The number of ether oxygens (including phenoxy) is 3. The fourth-order valence-electron chi connectivity index (χ4n) is 4.46. The van der Waals surface area contributed by atoms with Crippen LogP contribution in [-0.4, -0.2) is 49.3 Å². The molecule has 4 rings (SSSR count). The first-order chi connectivity index (χ1) is 15.9. The fourth-order valence-corrected chi connectivity index (χ4v) is 4.46. The minimum absolute atomic E-state index is 0.0434. The second-order valence-corrected chi connectivity index (χ2v) is 8.56. The third kappa shape index (κ3) is 4.88. The van der Waals surface area contributed by atoms with Crippen LogP contribution in [0.4, 0.5) is 0 Å². The van der Waals surface area contributed by atoms with E-state index < -0.39 is 0 Å². The van der Waals surface area contributed by atoms with Gasteiger partial charge in [0.1, 0.15) is 0 Å². The van der Waals surface area contributed by atoms with Crippen molar-refractivity contribution in [2.75, 3.05) is 27.4 Å². The molecule has 1 amide bonds. The molecule has 0 radical (unpaired) electrons. The lowest BCUT2D eigenvalue weighted by Crippen LogP contribution is -2.38. The summed E-state index contributed by atoms with van der Waals surface area (Å²) in [6.07, 6.45) is 1.82. The molecule has 7 nitrogen and oxygen atoms in total. The fraction of sp³-hybridized carbons (Fsp3) is 0.385. The Kier molecular flexibility index (Phi) is 6.70. The molecule has 0 bridgehead atoms. The van der Waals surface area contributed by atoms with E-state index in [4.69, 9.17) is 14.2 Å². The molecular weight excluding hydrogens is 420 g/mol. The molecular formula is C26H30N2O5. The van der Waals surface area contributed by atoms with Crippen molar-refractivity contribution in [3.05, 3.63) is 69.0 Å². The second-order valence-electron chi connectivity index (χ2n) is 8.56. The molecule has 0 spiro atoms. The zero-order valence-corrected chi connectivity index (χ0v) is 19.6. The molecule has 0 saturated carbocycles. The number of hydrogen-bond acceptors (Lipinski definition) is 5. The Labute approximate surface area is 193 Å². The monoisotopic (exact) mass is 450 g/mol. The summed E-state index contributed by atoms with van der Waals surface area (Å²) < 4.78 is 16.5. The first-order valence-corrected chi connectivity index (χ1v) is 11.2. The number of aromatic amines is 1. The van der Waals surface area contributed by atoms with Gasteiger partial charge in [0.2, 0.25) is 0 Å². The summed E-state index contributed by atoms with van der Waals surface area (Å²) in [4.78, 5) is 31.2. The van der Waals surface area contributed by atoms with Crippen molar-refractivity contribution in [2.24, 2.45) is 0 Å². The Morgan fingerprint density at radius 2 is 1.91 bits per heavy atom. The van der Waals surface area contributed by atoms with Gasteiger partial charge in [0, 0.05) is 24.3 Å². The summed E-state index contributed by atoms with van der Waals surface area (Å²) in [5, 5.41) is 0.956. The minimum Gasteiger partial charge on any atom is -0.493 e. The van der Waals surface area contributed by atoms with Crippen LogP contribution in [0, 0.1) is 13.8 Å². The van der Waals surface area contributed by atoms with E-state index in [0.29, 0.717) is 35.8 Å². The number of aromatic nitrogens is 1. The van der Waals surface area contributed by atoms with Crippen molar-refractivity contribution in [3.63, 3.8) is 0 Å². The van der Waals surface area contributed by atoms with Gasteiger partial charge in [0.25, 0.3) is 11.5 Å². The number of benzene rings is 2. The van der Waals surface area contributed by atoms with E-state index >= 15 is 0 Å². The summed E-state index contributed by atoms with van der Waals surface area (Å²) >= 11 is 0. The summed E-state index contributed by atoms with van der Waals surface area (Å²) in [6.45, 7) is 5.30. The van der Waals surface area contributed by atoms with Gasteiger partial charge in [0.15, 0.2) is 11.5 Å². The topological polar surface area (TPSA) is 80.9 Å². The predicted octanol–water partition coefficient (Wildman–Crippen LogP) is 3.98. The molecule has 3 aromatic rings. The van der Waals surface area contributed by atoms with Gasteiger partial charge in [-0.15, -0.1) is 0 Å². The number of aryl methyl sites for hydroxylation is 2. The van der Waals surface area contributed by atoms with Crippen LogP contribution in [0.25, 0.3) is 10.9 Å². The molecule has 174 valence electrons. The molecule has 7 heteroatoms. The number of amides is 1. The van der Waals surface area contributed by atoms with Gasteiger partial charge in [-0.2, -0.15) is 0 Å². The van der Waals surface area contributed by atoms with Crippen molar-refractivity contribution in [3.8, 4) is 11.5 Å². The van der Waals surface area contributed by atoms with E-state index in [1.807, 2.05) is 32.0 Å². The molecule has 1 saturated heterocycles. The average Bonchev–Trinajstić information content (AvgIpc) is 3.32. The second kappa shape index (κ2) is 9.67. The number of methoxy groups -OCH3 is 2. The number of carbonyl (C=O) groups excluding carboxylic acids is 1. The maximum Gasteiger partial charge on any atom is 0.254 e. The van der Waals surface area contributed by atoms with Crippen LogP contribution >= 0.6 is 0 Å². The highest BCUT2D eigenvalue weighted by Gasteiger charge is 2.25. The molecule has 1 N–H and O–H groups in total. The van der Waals surface area contributed by atoms with E-state index in [9.17, 15) is 9.59 Å². The molecule has 1 atom stereocenters. The number of fused-ring (bicyclic) bond motifs is 1. The number of H-pyrrole nitrogens is 1. The molecule has 1 aliphatic rings. The van der Waals surface area contributed by atoms with Crippen molar-refractivity contribution >= 4 is 16.8 Å². The standard InChI is InChI=1S/C26H30N2O5/c1-16-10-17(2)24-19(11-16)12-20(25(29)27-24)14-28(15-21-6-5-9-33-21)26(30)18-7-8-22(31-3)23(13-18)32-4/h7-8,10-13,21H,5-6,9,14-15H2,1-4H3,(H,27,29)/t21-/m0/s1. The Hall–Kier alpha value is -3.32. The lowest BCUT2D eigenvalue weighted by Gasteiger charge is -2.26. The van der Waals surface area contributed by atoms with Gasteiger partial charge in [-0.3, -0.25) is 9.59 Å². The number of carbonyl (C=O) groups is 1. The molecule has 2 heterocycles. The summed E-state index contributed by atoms with van der Waals surface area (Å²) in [5.41, 5.74) is 3.79. The summed E-state index contributed by atoms with van der Waals surface area (Å²) in [5.74, 6) is 0.845. The number of nitrogens with zero attached hydrogens (tertiary/aromatic N) is 1. The molecule has 1 aliphatic heterocycles. The van der Waals surface area contributed by atoms with Crippen molar-refractivity contribution in [1.29, 1.82) is 0 Å². The number of rotatable bonds is 7. The first kappa shape index (κ1) is 22.9. The van der Waals surface area contributed by atoms with Gasteiger partial charge in [-0.25, -0.2) is 0 Å². The number of nitrogens with one attached hydrogen (secondary N) is 1. The van der Waals surface area contributed by atoms with Crippen molar-refractivity contribution < 1.29 is 19.0 Å². The maximum absolute atomic E-state index is 13.5. The van der Waals surface area contributed by atoms with E-state index in [0.717, 1.165) is 34.9 Å². The van der Waals surface area contributed by atoms with Crippen LogP contribution in [-0.2, 0) is 11.3 Å². The van der Waals surface area contributed by atoms with E-state index in [-0.39, 0.29) is 24.1 Å². The summed E-state index contributed by atoms with van der Waals surface area (Å²) in [6, 6.07) is 11.1. The average molecular weight is 451 g/mol. The van der Waals surface area contributed by atoms with E-state index in [1.165, 1.54) is 7.11 Å². The van der Waals surface area contributed by atoms with Gasteiger partial charge >= 0.3 is 0 Å². The third-order valence-electron chi connectivity index (χ3n) is 6.10. The van der Waals surface area contributed by atoms with E-state index in [2.05, 4.69) is 4.98 Å². The predicted molar refractivity (Wildman–Crippen MR) is 127 cm³/mol. The first-order valence-electron chi connectivity index (χ1n) is 11.2. The lowest BCUT2D eigenvalue weighted by atomic mass is 10.0. The quantitative estimate of drug-likeness (QED) is 0.589. The molecule has 2 aromatic carbocycles. The Morgan fingerprint density at radius 3 is 2.61 bits per heavy atom. The Bertz CT molecular complexity index is 1230. The highest BCUT2D eigenvalue weighted by Crippen LogP contribution is 2.29. The molecule has 0 unspecified atom stereocenters. The minimum atomic E-state index is -0.189. The normalized spacial score (nSPS) is 15.6. The molecule has 1 fully saturated rings. The zero-order chi connectivity index (χ0) is 23.5. The lowest BCUT2D eigenvalue weighted by molar-refractivity contribution is 0.0506. The molecule has 1 aromatic heterocycles. The third-order valence-corrected chi connectivity index (χ3v) is 6.10. The number of hydrogen-bond donors (Lipinski definition) is 1.